The zero-order valence-corrected chi connectivity index (χ0v) is 14.8. The fourth-order valence-electron chi connectivity index (χ4n) is 3.13. The number of rotatable bonds is 6. The lowest BCUT2D eigenvalue weighted by atomic mass is 10.2. The lowest BCUT2D eigenvalue weighted by molar-refractivity contribution is 0.241. The van der Waals surface area contributed by atoms with Crippen LogP contribution in [0.2, 0.25) is 0 Å². The van der Waals surface area contributed by atoms with Crippen molar-refractivity contribution in [3.63, 3.8) is 0 Å². The number of hydrogen-bond donors (Lipinski definition) is 0. The fraction of sp³-hybridized carbons (Fsp3) is 0.529. The van der Waals surface area contributed by atoms with Gasteiger partial charge in [0.2, 0.25) is 0 Å². The highest BCUT2D eigenvalue weighted by molar-refractivity contribution is 5.56. The van der Waals surface area contributed by atoms with Crippen molar-refractivity contribution >= 4 is 5.69 Å². The van der Waals surface area contributed by atoms with Crippen LogP contribution >= 0.6 is 0 Å². The van der Waals surface area contributed by atoms with Gasteiger partial charge < -0.3 is 14.4 Å². The Kier molecular flexibility index (Phi) is 4.89. The zero-order chi connectivity index (χ0) is 17.1. The van der Waals surface area contributed by atoms with E-state index in [2.05, 4.69) is 39.1 Å². The van der Waals surface area contributed by atoms with Gasteiger partial charge in [-0.1, -0.05) is 0 Å². The van der Waals surface area contributed by atoms with Crippen LogP contribution in [0.5, 0.6) is 11.5 Å². The summed E-state index contributed by atoms with van der Waals surface area (Å²) in [5, 5.41) is 4.14. The molecule has 3 rings (SSSR count). The number of ether oxygens (including phenoxy) is 2. The van der Waals surface area contributed by atoms with Crippen LogP contribution in [0.4, 0.5) is 5.69 Å². The molecule has 1 saturated heterocycles. The van der Waals surface area contributed by atoms with E-state index in [0.29, 0.717) is 6.04 Å². The van der Waals surface area contributed by atoms with E-state index in [1.807, 2.05) is 17.8 Å². The Balaban J connectivity index is 1.67. The Labute approximate surface area is 142 Å². The van der Waals surface area contributed by atoms with E-state index in [-0.39, 0.29) is 0 Å². The molecule has 1 fully saturated rings. The summed E-state index contributed by atoms with van der Waals surface area (Å²) in [7, 11) is 7.44. The summed E-state index contributed by atoms with van der Waals surface area (Å²) in [5.74, 6) is 2.62. The molecular weight excluding hydrogens is 306 g/mol. The molecule has 7 heteroatoms. The van der Waals surface area contributed by atoms with Gasteiger partial charge in [-0.25, -0.2) is 4.98 Å². The van der Waals surface area contributed by atoms with Gasteiger partial charge in [-0.3, -0.25) is 9.58 Å². The first-order chi connectivity index (χ1) is 11.6. The Morgan fingerprint density at radius 3 is 2.50 bits per heavy atom. The summed E-state index contributed by atoms with van der Waals surface area (Å²) in [5.41, 5.74) is 1.14. The molecule has 2 aromatic rings. The van der Waals surface area contributed by atoms with Crippen molar-refractivity contribution in [3.05, 3.63) is 30.4 Å². The van der Waals surface area contributed by atoms with Crippen molar-refractivity contribution in [3.8, 4) is 11.5 Å². The molecule has 0 spiro atoms. The van der Waals surface area contributed by atoms with E-state index in [1.54, 1.807) is 20.5 Å². The van der Waals surface area contributed by atoms with Crippen molar-refractivity contribution in [1.82, 2.24) is 19.7 Å². The molecule has 0 amide bonds. The Hall–Kier alpha value is -2.28. The van der Waals surface area contributed by atoms with Crippen LogP contribution in [-0.4, -0.2) is 60.1 Å². The molecule has 1 aromatic carbocycles. The predicted molar refractivity (Wildman–Crippen MR) is 92.6 cm³/mol. The summed E-state index contributed by atoms with van der Waals surface area (Å²) in [6.45, 7) is 2.80. The Morgan fingerprint density at radius 2 is 1.92 bits per heavy atom. The molecular formula is C17H25N5O2. The van der Waals surface area contributed by atoms with Gasteiger partial charge in [0, 0.05) is 50.1 Å². The molecule has 130 valence electrons. The van der Waals surface area contributed by atoms with E-state index in [4.69, 9.17) is 9.47 Å². The standard InChI is InChI=1S/C17H25N5O2/c1-20(11-17-18-12-19-21(17)2)13-5-6-22(10-13)14-7-15(23-3)9-16(8-14)24-4/h7-9,12-13H,5-6,10-11H2,1-4H3. The van der Waals surface area contributed by atoms with E-state index < -0.39 is 0 Å². The van der Waals surface area contributed by atoms with Crippen LogP contribution in [0.15, 0.2) is 24.5 Å². The molecule has 0 aliphatic carbocycles. The second kappa shape index (κ2) is 7.09. The normalized spacial score (nSPS) is 17.5. The SMILES string of the molecule is COc1cc(OC)cc(N2CCC(N(C)Cc3ncnn3C)C2)c1. The maximum absolute atomic E-state index is 5.38. The van der Waals surface area contributed by atoms with Gasteiger partial charge in [-0.15, -0.1) is 0 Å². The van der Waals surface area contributed by atoms with Gasteiger partial charge in [0.25, 0.3) is 0 Å². The Bertz CT molecular complexity index is 665. The number of anilines is 1. The van der Waals surface area contributed by atoms with Crippen LogP contribution in [0.3, 0.4) is 0 Å². The second-order valence-corrected chi connectivity index (χ2v) is 6.17. The summed E-state index contributed by atoms with van der Waals surface area (Å²) >= 11 is 0. The highest BCUT2D eigenvalue weighted by atomic mass is 16.5. The number of likely N-dealkylation sites (N-methyl/N-ethyl adjacent to an activating group) is 1. The molecule has 24 heavy (non-hydrogen) atoms. The van der Waals surface area contributed by atoms with Gasteiger partial charge in [0.1, 0.15) is 23.7 Å². The largest absolute Gasteiger partial charge is 0.497 e. The molecule has 1 atom stereocenters. The quantitative estimate of drug-likeness (QED) is 0.800. The fourth-order valence-corrected chi connectivity index (χ4v) is 3.13. The molecule has 1 aliphatic rings. The average molecular weight is 331 g/mol. The molecule has 0 N–H and O–H groups in total. The summed E-state index contributed by atoms with van der Waals surface area (Å²) in [6.07, 6.45) is 2.72. The van der Waals surface area contributed by atoms with Crippen molar-refractivity contribution < 1.29 is 9.47 Å². The highest BCUT2D eigenvalue weighted by Gasteiger charge is 2.27. The van der Waals surface area contributed by atoms with E-state index in [1.165, 1.54) is 0 Å². The topological polar surface area (TPSA) is 55.7 Å². The van der Waals surface area contributed by atoms with Crippen molar-refractivity contribution in [2.45, 2.75) is 19.0 Å². The van der Waals surface area contributed by atoms with Crippen LogP contribution in [-0.2, 0) is 13.6 Å². The number of methoxy groups -OCH3 is 2. The molecule has 0 saturated carbocycles. The molecule has 2 heterocycles. The third kappa shape index (κ3) is 3.46. The van der Waals surface area contributed by atoms with Gasteiger partial charge >= 0.3 is 0 Å². The minimum atomic E-state index is 0.485. The average Bonchev–Trinajstić information content (AvgIpc) is 3.24. The lowest BCUT2D eigenvalue weighted by Gasteiger charge is -2.25. The first kappa shape index (κ1) is 16.6. The number of nitrogens with zero attached hydrogens (tertiary/aromatic N) is 5. The van der Waals surface area contributed by atoms with E-state index in [9.17, 15) is 0 Å². The second-order valence-electron chi connectivity index (χ2n) is 6.17. The zero-order valence-electron chi connectivity index (χ0n) is 14.8. The van der Waals surface area contributed by atoms with E-state index in [0.717, 1.165) is 49.1 Å². The number of aromatic nitrogens is 3. The van der Waals surface area contributed by atoms with Gasteiger partial charge in [0.15, 0.2) is 0 Å². The van der Waals surface area contributed by atoms with Crippen molar-refractivity contribution in [2.75, 3.05) is 39.3 Å². The Morgan fingerprint density at radius 1 is 1.21 bits per heavy atom. The van der Waals surface area contributed by atoms with Gasteiger partial charge in [0.05, 0.1) is 20.8 Å². The van der Waals surface area contributed by atoms with Crippen LogP contribution in [0.25, 0.3) is 0 Å². The van der Waals surface area contributed by atoms with Crippen LogP contribution < -0.4 is 14.4 Å². The smallest absolute Gasteiger partial charge is 0.140 e. The molecule has 1 unspecified atom stereocenters. The number of benzene rings is 1. The monoisotopic (exact) mass is 331 g/mol. The maximum atomic E-state index is 5.38. The minimum Gasteiger partial charge on any atom is -0.497 e. The molecule has 0 radical (unpaired) electrons. The van der Waals surface area contributed by atoms with Crippen molar-refractivity contribution in [2.24, 2.45) is 7.05 Å². The molecule has 7 nitrogen and oxygen atoms in total. The summed E-state index contributed by atoms with van der Waals surface area (Å²) < 4.78 is 12.6. The van der Waals surface area contributed by atoms with Gasteiger partial charge in [-0.2, -0.15) is 5.10 Å². The number of aryl methyl sites for hydroxylation is 1. The highest BCUT2D eigenvalue weighted by Crippen LogP contribution is 2.31. The first-order valence-corrected chi connectivity index (χ1v) is 8.12. The van der Waals surface area contributed by atoms with Crippen LogP contribution in [0.1, 0.15) is 12.2 Å². The first-order valence-electron chi connectivity index (χ1n) is 8.12. The lowest BCUT2D eigenvalue weighted by Crippen LogP contribution is -2.34. The number of hydrogen-bond acceptors (Lipinski definition) is 6. The molecule has 1 aliphatic heterocycles. The van der Waals surface area contributed by atoms with E-state index >= 15 is 0 Å². The maximum Gasteiger partial charge on any atom is 0.140 e. The van der Waals surface area contributed by atoms with Crippen molar-refractivity contribution in [1.29, 1.82) is 0 Å². The van der Waals surface area contributed by atoms with Gasteiger partial charge in [-0.05, 0) is 13.5 Å². The predicted octanol–water partition coefficient (Wildman–Crippen LogP) is 1.54. The molecule has 1 aromatic heterocycles. The third-order valence-corrected chi connectivity index (χ3v) is 4.68. The molecule has 0 bridgehead atoms. The summed E-state index contributed by atoms with van der Waals surface area (Å²) in [4.78, 5) is 9.04. The summed E-state index contributed by atoms with van der Waals surface area (Å²) in [6, 6.07) is 6.51. The minimum absolute atomic E-state index is 0.485. The third-order valence-electron chi connectivity index (χ3n) is 4.68. The van der Waals surface area contributed by atoms with Crippen LogP contribution in [0, 0.1) is 0 Å².